The van der Waals surface area contributed by atoms with Crippen LogP contribution in [0.4, 0.5) is 5.82 Å². The quantitative estimate of drug-likeness (QED) is 0.387. The summed E-state index contributed by atoms with van der Waals surface area (Å²) in [6.07, 6.45) is 2.92. The third-order valence-electron chi connectivity index (χ3n) is 4.53. The molecule has 152 valence electrons. The summed E-state index contributed by atoms with van der Waals surface area (Å²) in [5.74, 6) is 2.46. The molecule has 0 aromatic carbocycles. The SMILES string of the molecule is CN=C(NCCCOCC(C)C)NCc1ccc(N2CCN(C)CC2)nc1. The molecule has 2 rings (SSSR count). The number of ether oxygens (including phenoxy) is 1. The van der Waals surface area contributed by atoms with Crippen LogP contribution in [0.25, 0.3) is 0 Å². The average molecular weight is 377 g/mol. The first kappa shape index (κ1) is 21.4. The van der Waals surface area contributed by atoms with Gasteiger partial charge in [-0.2, -0.15) is 0 Å². The number of anilines is 1. The first-order valence-electron chi connectivity index (χ1n) is 9.99. The zero-order valence-corrected chi connectivity index (χ0v) is 17.4. The molecule has 0 radical (unpaired) electrons. The van der Waals surface area contributed by atoms with Crippen molar-refractivity contribution in [3.63, 3.8) is 0 Å². The highest BCUT2D eigenvalue weighted by molar-refractivity contribution is 5.79. The van der Waals surface area contributed by atoms with Crippen LogP contribution in [0.1, 0.15) is 25.8 Å². The molecular weight excluding hydrogens is 340 g/mol. The molecule has 1 aromatic rings. The first-order chi connectivity index (χ1) is 13.1. The number of hydrogen-bond acceptors (Lipinski definition) is 5. The van der Waals surface area contributed by atoms with Gasteiger partial charge in [-0.1, -0.05) is 19.9 Å². The lowest BCUT2D eigenvalue weighted by atomic mass is 10.2. The minimum absolute atomic E-state index is 0.587. The summed E-state index contributed by atoms with van der Waals surface area (Å²) in [6, 6.07) is 4.26. The molecule has 1 aromatic heterocycles. The van der Waals surface area contributed by atoms with Gasteiger partial charge < -0.3 is 25.2 Å². The van der Waals surface area contributed by atoms with E-state index in [9.17, 15) is 0 Å². The van der Waals surface area contributed by atoms with Crippen molar-refractivity contribution in [2.24, 2.45) is 10.9 Å². The second-order valence-electron chi connectivity index (χ2n) is 7.49. The zero-order valence-electron chi connectivity index (χ0n) is 17.4. The highest BCUT2D eigenvalue weighted by Crippen LogP contribution is 2.13. The summed E-state index contributed by atoms with van der Waals surface area (Å²) in [7, 11) is 3.96. The highest BCUT2D eigenvalue weighted by Gasteiger charge is 2.14. The van der Waals surface area contributed by atoms with Crippen molar-refractivity contribution in [1.82, 2.24) is 20.5 Å². The van der Waals surface area contributed by atoms with Gasteiger partial charge >= 0.3 is 0 Å². The molecule has 0 amide bonds. The van der Waals surface area contributed by atoms with Crippen LogP contribution in [-0.4, -0.2) is 75.9 Å². The second kappa shape index (κ2) is 11.8. The lowest BCUT2D eigenvalue weighted by Crippen LogP contribution is -2.44. The Bertz CT molecular complexity index is 552. The zero-order chi connectivity index (χ0) is 19.5. The topological polar surface area (TPSA) is 65.0 Å². The Hall–Kier alpha value is -1.86. The van der Waals surface area contributed by atoms with Gasteiger partial charge in [-0.25, -0.2) is 4.98 Å². The number of likely N-dealkylation sites (N-methyl/N-ethyl adjacent to an activating group) is 1. The number of aromatic nitrogens is 1. The van der Waals surface area contributed by atoms with Gasteiger partial charge in [-0.3, -0.25) is 4.99 Å². The molecule has 1 aliphatic rings. The number of guanidine groups is 1. The molecule has 1 saturated heterocycles. The maximum absolute atomic E-state index is 5.59. The van der Waals surface area contributed by atoms with E-state index in [-0.39, 0.29) is 0 Å². The molecule has 0 spiro atoms. The van der Waals surface area contributed by atoms with E-state index in [0.717, 1.165) is 69.7 Å². The third kappa shape index (κ3) is 8.13. The highest BCUT2D eigenvalue weighted by atomic mass is 16.5. The molecule has 2 heterocycles. The van der Waals surface area contributed by atoms with Crippen LogP contribution >= 0.6 is 0 Å². The van der Waals surface area contributed by atoms with E-state index in [1.807, 2.05) is 6.20 Å². The van der Waals surface area contributed by atoms with Crippen molar-refractivity contribution < 1.29 is 4.74 Å². The minimum Gasteiger partial charge on any atom is -0.381 e. The predicted octanol–water partition coefficient (Wildman–Crippen LogP) is 1.56. The third-order valence-corrected chi connectivity index (χ3v) is 4.53. The molecule has 0 saturated carbocycles. The number of rotatable bonds is 9. The van der Waals surface area contributed by atoms with Crippen LogP contribution in [0.15, 0.2) is 23.3 Å². The summed E-state index contributed by atoms with van der Waals surface area (Å²) in [6.45, 7) is 11.7. The summed E-state index contributed by atoms with van der Waals surface area (Å²) in [4.78, 5) is 13.6. The second-order valence-corrected chi connectivity index (χ2v) is 7.49. The Labute approximate surface area is 164 Å². The van der Waals surface area contributed by atoms with Gasteiger partial charge in [-0.15, -0.1) is 0 Å². The molecule has 0 unspecified atom stereocenters. The number of hydrogen-bond donors (Lipinski definition) is 2. The first-order valence-corrected chi connectivity index (χ1v) is 9.99. The Balaban J connectivity index is 1.67. The van der Waals surface area contributed by atoms with Crippen LogP contribution in [0.5, 0.6) is 0 Å². The maximum atomic E-state index is 5.59. The molecule has 2 N–H and O–H groups in total. The molecule has 0 aliphatic carbocycles. The molecule has 1 aliphatic heterocycles. The minimum atomic E-state index is 0.587. The Morgan fingerprint density at radius 3 is 2.63 bits per heavy atom. The van der Waals surface area contributed by atoms with E-state index in [0.29, 0.717) is 12.5 Å². The van der Waals surface area contributed by atoms with Crippen LogP contribution in [0.2, 0.25) is 0 Å². The Morgan fingerprint density at radius 2 is 2.00 bits per heavy atom. The molecule has 7 heteroatoms. The monoisotopic (exact) mass is 376 g/mol. The van der Waals surface area contributed by atoms with Gasteiger partial charge in [0.15, 0.2) is 5.96 Å². The van der Waals surface area contributed by atoms with Crippen molar-refractivity contribution in [3.05, 3.63) is 23.9 Å². The van der Waals surface area contributed by atoms with Crippen molar-refractivity contribution in [1.29, 1.82) is 0 Å². The van der Waals surface area contributed by atoms with Crippen molar-refractivity contribution >= 4 is 11.8 Å². The molecule has 27 heavy (non-hydrogen) atoms. The van der Waals surface area contributed by atoms with Crippen LogP contribution in [0, 0.1) is 5.92 Å². The largest absolute Gasteiger partial charge is 0.381 e. The van der Waals surface area contributed by atoms with Crippen LogP contribution in [0.3, 0.4) is 0 Å². The number of nitrogens with one attached hydrogen (secondary N) is 2. The Kier molecular flexibility index (Phi) is 9.35. The van der Waals surface area contributed by atoms with Crippen LogP contribution in [-0.2, 0) is 11.3 Å². The predicted molar refractivity (Wildman–Crippen MR) is 112 cm³/mol. The van der Waals surface area contributed by atoms with Crippen molar-refractivity contribution in [2.45, 2.75) is 26.8 Å². The number of piperazine rings is 1. The van der Waals surface area contributed by atoms with Gasteiger partial charge in [0.05, 0.1) is 0 Å². The van der Waals surface area contributed by atoms with E-state index in [1.54, 1.807) is 7.05 Å². The van der Waals surface area contributed by atoms with E-state index in [1.165, 1.54) is 0 Å². The summed E-state index contributed by atoms with van der Waals surface area (Å²) >= 11 is 0. The fraction of sp³-hybridized carbons (Fsp3) is 0.700. The lowest BCUT2D eigenvalue weighted by molar-refractivity contribution is 0.108. The van der Waals surface area contributed by atoms with Crippen LogP contribution < -0.4 is 15.5 Å². The maximum Gasteiger partial charge on any atom is 0.191 e. The van der Waals surface area contributed by atoms with E-state index in [4.69, 9.17) is 4.74 Å². The summed E-state index contributed by atoms with van der Waals surface area (Å²) in [5, 5.41) is 6.66. The van der Waals surface area contributed by atoms with Gasteiger partial charge in [0.25, 0.3) is 0 Å². The molecule has 7 nitrogen and oxygen atoms in total. The van der Waals surface area contributed by atoms with Crippen molar-refractivity contribution in [3.8, 4) is 0 Å². The van der Waals surface area contributed by atoms with Crippen molar-refractivity contribution in [2.75, 3.05) is 64.9 Å². The number of aliphatic imine (C=N–C) groups is 1. The lowest BCUT2D eigenvalue weighted by Gasteiger charge is -2.33. The number of pyridine rings is 1. The molecular formula is C20H36N6O. The normalized spacial score (nSPS) is 16.0. The van der Waals surface area contributed by atoms with E-state index in [2.05, 4.69) is 63.4 Å². The summed E-state index contributed by atoms with van der Waals surface area (Å²) in [5.41, 5.74) is 1.15. The molecule has 1 fully saturated rings. The average Bonchev–Trinajstić information content (AvgIpc) is 2.67. The van der Waals surface area contributed by atoms with Gasteiger partial charge in [-0.05, 0) is 31.0 Å². The van der Waals surface area contributed by atoms with E-state index < -0.39 is 0 Å². The molecule has 0 bridgehead atoms. The molecule has 0 atom stereocenters. The number of nitrogens with zero attached hydrogens (tertiary/aromatic N) is 4. The fourth-order valence-corrected chi connectivity index (χ4v) is 2.85. The fourth-order valence-electron chi connectivity index (χ4n) is 2.85. The van der Waals surface area contributed by atoms with E-state index >= 15 is 0 Å². The van der Waals surface area contributed by atoms with Gasteiger partial charge in [0, 0.05) is 65.7 Å². The van der Waals surface area contributed by atoms with Gasteiger partial charge in [0.1, 0.15) is 5.82 Å². The smallest absolute Gasteiger partial charge is 0.191 e. The Morgan fingerprint density at radius 1 is 1.22 bits per heavy atom. The van der Waals surface area contributed by atoms with Gasteiger partial charge in [0.2, 0.25) is 0 Å². The standard InChI is InChI=1S/C20H36N6O/c1-17(2)16-27-13-5-8-22-20(21-3)24-15-18-6-7-19(23-14-18)26-11-9-25(4)10-12-26/h6-7,14,17H,5,8-13,15-16H2,1-4H3,(H2,21,22,24). The summed E-state index contributed by atoms with van der Waals surface area (Å²) < 4.78 is 5.59.